The van der Waals surface area contributed by atoms with Crippen LogP contribution in [0.1, 0.15) is 32.5 Å². The molecule has 9 nitrogen and oxygen atoms in total. The van der Waals surface area contributed by atoms with Crippen molar-refractivity contribution in [1.82, 2.24) is 4.98 Å². The molecule has 194 valence electrons. The second-order valence-electron chi connectivity index (χ2n) is 8.35. The van der Waals surface area contributed by atoms with Gasteiger partial charge in [0.1, 0.15) is 42.3 Å². The van der Waals surface area contributed by atoms with Gasteiger partial charge in [-0.1, -0.05) is 42.2 Å². The SMILES string of the molecule is C=CCOC(=O)c1sc(N2C(=O)C(=O)/C(=C(/O)c3ccc4c(c3)OCCO4)C2c2ccccc2F)nc1C. The number of rotatable bonds is 6. The third-order valence-electron chi connectivity index (χ3n) is 5.97. The van der Waals surface area contributed by atoms with Gasteiger partial charge in [-0.2, -0.15) is 0 Å². The predicted molar refractivity (Wildman–Crippen MR) is 136 cm³/mol. The van der Waals surface area contributed by atoms with E-state index in [9.17, 15) is 19.5 Å². The second kappa shape index (κ2) is 10.1. The van der Waals surface area contributed by atoms with Crippen LogP contribution in [0.5, 0.6) is 11.5 Å². The molecule has 0 bridgehead atoms. The van der Waals surface area contributed by atoms with Crippen molar-refractivity contribution in [2.75, 3.05) is 24.7 Å². The van der Waals surface area contributed by atoms with Gasteiger partial charge in [-0.25, -0.2) is 14.2 Å². The number of aromatic nitrogens is 1. The van der Waals surface area contributed by atoms with Crippen LogP contribution in [0.25, 0.3) is 5.76 Å². The van der Waals surface area contributed by atoms with Gasteiger partial charge >= 0.3 is 11.9 Å². The Hall–Kier alpha value is -4.51. The van der Waals surface area contributed by atoms with Crippen molar-refractivity contribution >= 4 is 39.9 Å². The lowest BCUT2D eigenvalue weighted by molar-refractivity contribution is -0.132. The number of carbonyl (C=O) groups is 3. The fraction of sp³-hybridized carbons (Fsp3) is 0.185. The molecule has 38 heavy (non-hydrogen) atoms. The van der Waals surface area contributed by atoms with E-state index in [1.165, 1.54) is 36.4 Å². The summed E-state index contributed by atoms with van der Waals surface area (Å²) in [6.07, 6.45) is 1.41. The van der Waals surface area contributed by atoms with Gasteiger partial charge in [-0.3, -0.25) is 14.5 Å². The maximum Gasteiger partial charge on any atom is 0.350 e. The molecular formula is C27H21FN2O7S. The Labute approximate surface area is 220 Å². The summed E-state index contributed by atoms with van der Waals surface area (Å²) >= 11 is 0.823. The average Bonchev–Trinajstić information content (AvgIpc) is 3.43. The normalized spacial score (nSPS) is 17.9. The summed E-state index contributed by atoms with van der Waals surface area (Å²) in [5.41, 5.74) is 0.0764. The van der Waals surface area contributed by atoms with Gasteiger partial charge in [0.05, 0.1) is 11.3 Å². The van der Waals surface area contributed by atoms with Gasteiger partial charge in [0.15, 0.2) is 16.6 Å². The minimum absolute atomic E-state index is 0.0235. The number of hydrogen-bond donors (Lipinski definition) is 1. The molecule has 1 unspecified atom stereocenters. The molecule has 3 aromatic rings. The molecule has 2 aliphatic rings. The number of aliphatic hydroxyl groups is 1. The molecule has 0 aliphatic carbocycles. The fourth-order valence-corrected chi connectivity index (χ4v) is 5.23. The van der Waals surface area contributed by atoms with E-state index in [4.69, 9.17) is 14.2 Å². The van der Waals surface area contributed by atoms with Crippen molar-refractivity contribution in [1.29, 1.82) is 0 Å². The number of aliphatic hydroxyl groups excluding tert-OH is 1. The van der Waals surface area contributed by atoms with Gasteiger partial charge in [-0.15, -0.1) is 0 Å². The molecule has 1 atom stereocenters. The number of ketones is 1. The van der Waals surface area contributed by atoms with Crippen LogP contribution >= 0.6 is 11.3 Å². The summed E-state index contributed by atoms with van der Waals surface area (Å²) < 4.78 is 31.3. The third-order valence-corrected chi connectivity index (χ3v) is 7.11. The topological polar surface area (TPSA) is 115 Å². The first kappa shape index (κ1) is 25.2. The van der Waals surface area contributed by atoms with Crippen LogP contribution in [0.3, 0.4) is 0 Å². The third kappa shape index (κ3) is 4.30. The maximum absolute atomic E-state index is 15.1. The molecule has 2 aromatic carbocycles. The van der Waals surface area contributed by atoms with Crippen LogP contribution in [0.4, 0.5) is 9.52 Å². The Kier molecular flexibility index (Phi) is 6.68. The summed E-state index contributed by atoms with van der Waals surface area (Å²) in [6, 6.07) is 8.82. The first-order chi connectivity index (χ1) is 18.3. The van der Waals surface area contributed by atoms with E-state index < -0.39 is 35.3 Å². The highest BCUT2D eigenvalue weighted by atomic mass is 32.1. The Morgan fingerprint density at radius 3 is 2.71 bits per heavy atom. The smallest absolute Gasteiger partial charge is 0.350 e. The Bertz CT molecular complexity index is 1510. The van der Waals surface area contributed by atoms with Gasteiger partial charge < -0.3 is 19.3 Å². The van der Waals surface area contributed by atoms with E-state index in [1.54, 1.807) is 19.1 Å². The number of thiazole rings is 1. The minimum Gasteiger partial charge on any atom is -0.507 e. The van der Waals surface area contributed by atoms with Gasteiger partial charge in [0.25, 0.3) is 5.78 Å². The molecule has 1 fully saturated rings. The fourth-order valence-electron chi connectivity index (χ4n) is 4.24. The number of anilines is 1. The number of amides is 1. The molecule has 5 rings (SSSR count). The number of nitrogens with zero attached hydrogens (tertiary/aromatic N) is 2. The molecule has 3 heterocycles. The predicted octanol–water partition coefficient (Wildman–Crippen LogP) is 4.33. The van der Waals surface area contributed by atoms with E-state index in [0.717, 1.165) is 16.2 Å². The number of Topliss-reactive ketones (excluding diaryl/α,β-unsaturated/α-hetero) is 1. The van der Waals surface area contributed by atoms with E-state index in [0.29, 0.717) is 24.7 Å². The van der Waals surface area contributed by atoms with Crippen molar-refractivity contribution < 1.29 is 38.1 Å². The summed E-state index contributed by atoms with van der Waals surface area (Å²) in [5, 5.41) is 11.3. The number of ether oxygens (including phenoxy) is 3. The molecule has 0 spiro atoms. The average molecular weight is 537 g/mol. The monoisotopic (exact) mass is 536 g/mol. The van der Waals surface area contributed by atoms with Crippen LogP contribution in [-0.2, 0) is 14.3 Å². The number of carbonyl (C=O) groups excluding carboxylic acids is 3. The first-order valence-electron chi connectivity index (χ1n) is 11.5. The summed E-state index contributed by atoms with van der Waals surface area (Å²) in [4.78, 5) is 44.6. The standard InChI is InChI=1S/C27H21FN2O7S/c1-3-10-37-26(34)24-14(2)29-27(38-24)30-21(16-6-4-5-7-17(16)28)20(23(32)25(30)33)22(31)15-8-9-18-19(13-15)36-12-11-35-18/h3-9,13,21,31H,1,10-12H2,2H3/b22-20+. The lowest BCUT2D eigenvalue weighted by Crippen LogP contribution is -2.29. The minimum atomic E-state index is -1.35. The Morgan fingerprint density at radius 2 is 1.97 bits per heavy atom. The van der Waals surface area contributed by atoms with E-state index in [2.05, 4.69) is 11.6 Å². The zero-order chi connectivity index (χ0) is 27.0. The Balaban J connectivity index is 1.66. The summed E-state index contributed by atoms with van der Waals surface area (Å²) in [5.74, 6) is -3.14. The van der Waals surface area contributed by atoms with Crippen molar-refractivity contribution in [2.45, 2.75) is 13.0 Å². The lowest BCUT2D eigenvalue weighted by Gasteiger charge is -2.23. The maximum atomic E-state index is 15.1. The van der Waals surface area contributed by atoms with Crippen LogP contribution in [-0.4, -0.2) is 47.6 Å². The van der Waals surface area contributed by atoms with Crippen LogP contribution < -0.4 is 14.4 Å². The Morgan fingerprint density at radius 1 is 1.24 bits per heavy atom. The number of halogens is 1. The van der Waals surface area contributed by atoms with Crippen LogP contribution in [0.2, 0.25) is 0 Å². The highest BCUT2D eigenvalue weighted by Crippen LogP contribution is 2.45. The number of fused-ring (bicyclic) bond motifs is 1. The molecule has 11 heteroatoms. The number of aryl methyl sites for hydroxylation is 1. The largest absolute Gasteiger partial charge is 0.507 e. The van der Waals surface area contributed by atoms with E-state index in [-0.39, 0.29) is 39.0 Å². The second-order valence-corrected chi connectivity index (χ2v) is 9.32. The number of esters is 1. The highest BCUT2D eigenvalue weighted by molar-refractivity contribution is 7.17. The molecule has 2 aliphatic heterocycles. The highest BCUT2D eigenvalue weighted by Gasteiger charge is 2.49. The number of hydrogen-bond acceptors (Lipinski definition) is 9. The molecule has 0 saturated carbocycles. The molecule has 0 radical (unpaired) electrons. The van der Waals surface area contributed by atoms with Crippen molar-refractivity contribution in [3.05, 3.63) is 88.2 Å². The van der Waals surface area contributed by atoms with Crippen molar-refractivity contribution in [3.8, 4) is 11.5 Å². The van der Waals surface area contributed by atoms with E-state index in [1.807, 2.05) is 0 Å². The van der Waals surface area contributed by atoms with Gasteiger partial charge in [0.2, 0.25) is 0 Å². The van der Waals surface area contributed by atoms with Gasteiger partial charge in [-0.05, 0) is 31.2 Å². The first-order valence-corrected chi connectivity index (χ1v) is 12.3. The van der Waals surface area contributed by atoms with Crippen molar-refractivity contribution in [2.24, 2.45) is 0 Å². The zero-order valence-corrected chi connectivity index (χ0v) is 20.9. The zero-order valence-electron chi connectivity index (χ0n) is 20.1. The van der Waals surface area contributed by atoms with Crippen molar-refractivity contribution in [3.63, 3.8) is 0 Å². The van der Waals surface area contributed by atoms with Crippen LogP contribution in [0.15, 0.2) is 60.7 Å². The molecule has 1 saturated heterocycles. The quantitative estimate of drug-likeness (QED) is 0.163. The number of benzene rings is 2. The van der Waals surface area contributed by atoms with E-state index >= 15 is 4.39 Å². The summed E-state index contributed by atoms with van der Waals surface area (Å²) in [6.45, 7) is 5.70. The molecule has 1 aromatic heterocycles. The van der Waals surface area contributed by atoms with Crippen LogP contribution in [0, 0.1) is 12.7 Å². The molecule has 1 amide bonds. The lowest BCUT2D eigenvalue weighted by atomic mass is 9.95. The van der Waals surface area contributed by atoms with Gasteiger partial charge in [0, 0.05) is 11.1 Å². The summed E-state index contributed by atoms with van der Waals surface area (Å²) in [7, 11) is 0. The molecular weight excluding hydrogens is 515 g/mol. The molecule has 1 N–H and O–H groups in total.